The summed E-state index contributed by atoms with van der Waals surface area (Å²) in [4.78, 5) is 13.8. The van der Waals surface area contributed by atoms with Crippen LogP contribution in [0.15, 0.2) is 42.5 Å². The highest BCUT2D eigenvalue weighted by atomic mass is 35.5. The molecule has 154 valence electrons. The molecule has 1 aliphatic carbocycles. The molecule has 0 spiro atoms. The average molecular weight is 431 g/mol. The summed E-state index contributed by atoms with van der Waals surface area (Å²) < 4.78 is 5.25. The molecule has 4 atom stereocenters. The van der Waals surface area contributed by atoms with Crippen molar-refractivity contribution in [1.29, 1.82) is 0 Å². The molecule has 3 nitrogen and oxygen atoms in total. The Hall–Kier alpha value is -1.80. The van der Waals surface area contributed by atoms with Crippen LogP contribution in [0.5, 0.6) is 0 Å². The summed E-state index contributed by atoms with van der Waals surface area (Å²) in [6.45, 7) is 3.70. The van der Waals surface area contributed by atoms with Gasteiger partial charge < -0.3 is 9.84 Å². The summed E-state index contributed by atoms with van der Waals surface area (Å²) in [5.74, 6) is 6.28. The molecule has 0 saturated heterocycles. The Kier molecular flexibility index (Phi) is 7.77. The predicted molar refractivity (Wildman–Crippen MR) is 118 cm³/mol. The fourth-order valence-corrected chi connectivity index (χ4v) is 5.12. The number of ether oxygens (including phenoxy) is 1. The van der Waals surface area contributed by atoms with E-state index in [-0.39, 0.29) is 29.3 Å². The predicted octanol–water partition coefficient (Wildman–Crippen LogP) is 5.29. The third-order valence-electron chi connectivity index (χ3n) is 5.13. The lowest BCUT2D eigenvalue weighted by molar-refractivity contribution is 0.0384. The molecule has 0 amide bonds. The van der Waals surface area contributed by atoms with E-state index in [1.165, 1.54) is 11.3 Å². The minimum Gasteiger partial charge on any atom is -0.459 e. The average Bonchev–Trinajstić information content (AvgIpc) is 3.25. The largest absolute Gasteiger partial charge is 0.459 e. The summed E-state index contributed by atoms with van der Waals surface area (Å²) in [5, 5.41) is 10.4. The van der Waals surface area contributed by atoms with Gasteiger partial charge in [-0.15, -0.1) is 22.9 Å². The van der Waals surface area contributed by atoms with Crippen LogP contribution >= 0.6 is 22.9 Å². The smallest absolute Gasteiger partial charge is 0.348 e. The highest BCUT2D eigenvalue weighted by Gasteiger charge is 2.40. The van der Waals surface area contributed by atoms with Gasteiger partial charge in [0.1, 0.15) is 4.88 Å². The summed E-state index contributed by atoms with van der Waals surface area (Å²) in [6, 6.07) is 13.7. The first-order valence-electron chi connectivity index (χ1n) is 10.1. The zero-order valence-corrected chi connectivity index (χ0v) is 18.4. The lowest BCUT2D eigenvalue weighted by Gasteiger charge is -2.18. The van der Waals surface area contributed by atoms with Crippen LogP contribution in [0.25, 0.3) is 0 Å². The lowest BCUT2D eigenvalue weighted by Crippen LogP contribution is -2.19. The molecule has 3 rings (SSSR count). The minimum absolute atomic E-state index is 0.0556. The topological polar surface area (TPSA) is 46.5 Å². The maximum atomic E-state index is 12.0. The van der Waals surface area contributed by atoms with Crippen molar-refractivity contribution in [2.24, 2.45) is 11.8 Å². The van der Waals surface area contributed by atoms with Crippen molar-refractivity contribution in [3.05, 3.63) is 57.8 Å². The molecule has 1 aliphatic rings. The van der Waals surface area contributed by atoms with Crippen molar-refractivity contribution in [2.45, 2.75) is 57.1 Å². The van der Waals surface area contributed by atoms with Gasteiger partial charge in [-0.3, -0.25) is 0 Å². The summed E-state index contributed by atoms with van der Waals surface area (Å²) in [6.07, 6.45) is 2.74. The molecule has 0 aliphatic heterocycles. The molecule has 1 N–H and O–H groups in total. The summed E-state index contributed by atoms with van der Waals surface area (Å²) in [7, 11) is 0. The Balaban J connectivity index is 1.57. The number of esters is 1. The molecule has 2 aromatic rings. The zero-order valence-electron chi connectivity index (χ0n) is 16.8. The normalized spacial score (nSPS) is 23.6. The molecular weight excluding hydrogens is 404 g/mol. The van der Waals surface area contributed by atoms with Crippen LogP contribution in [0, 0.1) is 23.7 Å². The fourth-order valence-electron chi connectivity index (χ4n) is 3.72. The van der Waals surface area contributed by atoms with E-state index in [4.69, 9.17) is 16.3 Å². The van der Waals surface area contributed by atoms with Crippen molar-refractivity contribution in [1.82, 2.24) is 0 Å². The summed E-state index contributed by atoms with van der Waals surface area (Å²) in [5.41, 5.74) is 0.955. The number of aryl methyl sites for hydroxylation is 1. The fraction of sp³-hybridized carbons (Fsp3) is 0.458. The van der Waals surface area contributed by atoms with E-state index in [9.17, 15) is 9.90 Å². The van der Waals surface area contributed by atoms with Crippen LogP contribution < -0.4 is 0 Å². The van der Waals surface area contributed by atoms with Gasteiger partial charge in [-0.25, -0.2) is 4.79 Å². The number of hydrogen-bond donors (Lipinski definition) is 1. The molecule has 1 fully saturated rings. The van der Waals surface area contributed by atoms with E-state index in [1.54, 1.807) is 0 Å². The Morgan fingerprint density at radius 3 is 2.76 bits per heavy atom. The number of aliphatic hydroxyl groups is 1. The van der Waals surface area contributed by atoms with Crippen LogP contribution in [-0.2, 0) is 11.2 Å². The van der Waals surface area contributed by atoms with E-state index in [1.807, 2.05) is 56.3 Å². The molecular formula is C24H27ClO3S. The van der Waals surface area contributed by atoms with Gasteiger partial charge in [0.2, 0.25) is 0 Å². The van der Waals surface area contributed by atoms with E-state index in [2.05, 4.69) is 11.8 Å². The molecule has 4 unspecified atom stereocenters. The molecule has 1 heterocycles. The van der Waals surface area contributed by atoms with E-state index in [0.717, 1.165) is 29.7 Å². The van der Waals surface area contributed by atoms with Gasteiger partial charge in [0.15, 0.2) is 0 Å². The van der Waals surface area contributed by atoms with Gasteiger partial charge in [-0.2, -0.15) is 0 Å². The highest BCUT2D eigenvalue weighted by Crippen LogP contribution is 2.39. The van der Waals surface area contributed by atoms with Crippen LogP contribution in [0.2, 0.25) is 0 Å². The molecule has 29 heavy (non-hydrogen) atoms. The second-order valence-corrected chi connectivity index (χ2v) is 9.49. The Bertz CT molecular complexity index is 865. The van der Waals surface area contributed by atoms with Crippen LogP contribution in [-0.4, -0.2) is 28.7 Å². The number of aliphatic hydroxyl groups excluding tert-OH is 1. The van der Waals surface area contributed by atoms with Crippen molar-refractivity contribution in [2.75, 3.05) is 0 Å². The number of benzene rings is 1. The number of carbonyl (C=O) groups excluding carboxylic acids is 1. The molecule has 1 aromatic heterocycles. The number of halogens is 1. The van der Waals surface area contributed by atoms with Crippen molar-refractivity contribution < 1.29 is 14.6 Å². The third kappa shape index (κ3) is 6.09. The molecule has 0 radical (unpaired) electrons. The number of alkyl halides is 1. The van der Waals surface area contributed by atoms with Gasteiger partial charge in [0.25, 0.3) is 0 Å². The van der Waals surface area contributed by atoms with Crippen LogP contribution in [0.1, 0.15) is 53.2 Å². The van der Waals surface area contributed by atoms with Crippen LogP contribution in [0.3, 0.4) is 0 Å². The van der Waals surface area contributed by atoms with Gasteiger partial charge in [0.05, 0.1) is 18.1 Å². The second-order valence-electron chi connectivity index (χ2n) is 7.76. The second kappa shape index (κ2) is 10.3. The molecule has 0 bridgehead atoms. The molecule has 1 saturated carbocycles. The van der Waals surface area contributed by atoms with Crippen molar-refractivity contribution >= 4 is 28.9 Å². The first-order chi connectivity index (χ1) is 13.9. The standard InChI is InChI=1S/C24H27ClO3S/c1-16(2)28-24(27)23-14-12-18(29-23)9-6-10-19-20(22(26)15-21(19)25)13-11-17-7-4-3-5-8-17/h3-5,7-8,12,14,16,19-22,26H,6,9-10,15H2,1-2H3. The Morgan fingerprint density at radius 1 is 1.28 bits per heavy atom. The summed E-state index contributed by atoms with van der Waals surface area (Å²) >= 11 is 8.03. The van der Waals surface area contributed by atoms with Gasteiger partial charge in [-0.05, 0) is 69.7 Å². The number of carbonyl (C=O) groups is 1. The Labute approximate surface area is 182 Å². The van der Waals surface area contributed by atoms with Crippen LogP contribution in [0.4, 0.5) is 0 Å². The maximum absolute atomic E-state index is 12.0. The first-order valence-corrected chi connectivity index (χ1v) is 11.4. The first kappa shape index (κ1) is 21.9. The third-order valence-corrected chi connectivity index (χ3v) is 6.76. The molecule has 5 heteroatoms. The number of rotatable bonds is 6. The van der Waals surface area contributed by atoms with Gasteiger partial charge in [0, 0.05) is 15.8 Å². The van der Waals surface area contributed by atoms with Gasteiger partial charge >= 0.3 is 5.97 Å². The van der Waals surface area contributed by atoms with Gasteiger partial charge in [-0.1, -0.05) is 30.0 Å². The maximum Gasteiger partial charge on any atom is 0.348 e. The quantitative estimate of drug-likeness (QED) is 0.384. The molecule has 1 aromatic carbocycles. The zero-order chi connectivity index (χ0) is 20.8. The highest BCUT2D eigenvalue weighted by molar-refractivity contribution is 7.13. The number of thiophene rings is 1. The monoisotopic (exact) mass is 430 g/mol. The van der Waals surface area contributed by atoms with Crippen molar-refractivity contribution in [3.63, 3.8) is 0 Å². The lowest BCUT2D eigenvalue weighted by atomic mass is 9.90. The van der Waals surface area contributed by atoms with E-state index >= 15 is 0 Å². The Morgan fingerprint density at radius 2 is 2.03 bits per heavy atom. The SMILES string of the molecule is CC(C)OC(=O)c1ccc(CCCC2C(Cl)CC(O)C2C#Cc2ccccc2)s1. The van der Waals surface area contributed by atoms with E-state index < -0.39 is 6.10 Å². The minimum atomic E-state index is -0.474. The number of hydrogen-bond acceptors (Lipinski definition) is 4. The van der Waals surface area contributed by atoms with E-state index in [0.29, 0.717) is 11.3 Å². The van der Waals surface area contributed by atoms with Crippen molar-refractivity contribution in [3.8, 4) is 11.8 Å².